The van der Waals surface area contributed by atoms with Crippen molar-refractivity contribution in [3.63, 3.8) is 0 Å². The zero-order valence-corrected chi connectivity index (χ0v) is 8.18. The van der Waals surface area contributed by atoms with Crippen LogP contribution in [0.4, 0.5) is 4.39 Å². The highest BCUT2D eigenvalue weighted by molar-refractivity contribution is 5.90. The molecule has 0 aromatic heterocycles. The maximum atomic E-state index is 12.9. The molecule has 2 heteroatoms. The summed E-state index contributed by atoms with van der Waals surface area (Å²) in [6.07, 6.45) is 5.89. The number of allylic oxidation sites excluding steroid dienone is 3. The van der Waals surface area contributed by atoms with Gasteiger partial charge in [-0.1, -0.05) is 19.4 Å². The summed E-state index contributed by atoms with van der Waals surface area (Å²) in [4.78, 5) is 11.0. The molecule has 1 nitrogen and oxygen atoms in total. The van der Waals surface area contributed by atoms with Gasteiger partial charge in [0, 0.05) is 12.5 Å². The average Bonchev–Trinajstić information content (AvgIpc) is 2.11. The Bertz CT molecular complexity index is 194. The van der Waals surface area contributed by atoms with Gasteiger partial charge in [0.05, 0.1) is 0 Å². The third-order valence-corrected chi connectivity index (χ3v) is 1.68. The summed E-state index contributed by atoms with van der Waals surface area (Å²) in [6, 6.07) is 0. The summed E-state index contributed by atoms with van der Waals surface area (Å²) in [5.41, 5.74) is 0. The Morgan fingerprint density at radius 3 is 2.69 bits per heavy atom. The predicted molar refractivity (Wildman–Crippen MR) is 53.2 cm³/mol. The van der Waals surface area contributed by atoms with Gasteiger partial charge < -0.3 is 0 Å². The number of halogens is 1. The molecule has 0 aliphatic heterocycles. The molecule has 13 heavy (non-hydrogen) atoms. The van der Waals surface area contributed by atoms with Crippen LogP contribution in [0.15, 0.2) is 24.6 Å². The lowest BCUT2D eigenvalue weighted by molar-refractivity contribution is -0.114. The second-order valence-corrected chi connectivity index (χ2v) is 2.99. The van der Waals surface area contributed by atoms with E-state index in [0.29, 0.717) is 19.3 Å². The predicted octanol–water partition coefficient (Wildman–Crippen LogP) is 3.57. The van der Waals surface area contributed by atoms with Crippen LogP contribution in [0.1, 0.15) is 39.0 Å². The molecule has 0 unspecified atom stereocenters. The number of carbonyl (C=O) groups excluding carboxylic acids is 1. The lowest BCUT2D eigenvalue weighted by Crippen LogP contribution is -1.92. The average molecular weight is 184 g/mol. The molecule has 0 fully saturated rings. The van der Waals surface area contributed by atoms with Gasteiger partial charge >= 0.3 is 0 Å². The van der Waals surface area contributed by atoms with Gasteiger partial charge in [-0.15, -0.1) is 6.58 Å². The van der Waals surface area contributed by atoms with Crippen molar-refractivity contribution in [1.29, 1.82) is 0 Å². The maximum Gasteiger partial charge on any atom is 0.158 e. The van der Waals surface area contributed by atoms with Gasteiger partial charge in [0.15, 0.2) is 5.78 Å². The second-order valence-electron chi connectivity index (χ2n) is 2.99. The Labute approximate surface area is 79.3 Å². The van der Waals surface area contributed by atoms with Crippen LogP contribution in [-0.4, -0.2) is 5.78 Å². The van der Waals surface area contributed by atoms with Gasteiger partial charge in [-0.3, -0.25) is 4.79 Å². The molecular weight excluding hydrogens is 167 g/mol. The molecule has 0 heterocycles. The molecule has 0 aromatic carbocycles. The first-order valence-electron chi connectivity index (χ1n) is 4.70. The monoisotopic (exact) mass is 184 g/mol. The molecule has 0 saturated carbocycles. The van der Waals surface area contributed by atoms with E-state index in [1.807, 2.05) is 6.92 Å². The van der Waals surface area contributed by atoms with Crippen LogP contribution in [0.3, 0.4) is 0 Å². The van der Waals surface area contributed by atoms with Crippen molar-refractivity contribution in [3.8, 4) is 0 Å². The van der Waals surface area contributed by atoms with Crippen molar-refractivity contribution in [3.05, 3.63) is 24.6 Å². The normalized spacial score (nSPS) is 11.4. The minimum Gasteiger partial charge on any atom is -0.295 e. The molecular formula is C11H17FO. The topological polar surface area (TPSA) is 17.1 Å². The molecule has 0 bridgehead atoms. The van der Waals surface area contributed by atoms with E-state index in [1.165, 1.54) is 0 Å². The van der Waals surface area contributed by atoms with Crippen LogP contribution in [0.25, 0.3) is 0 Å². The summed E-state index contributed by atoms with van der Waals surface area (Å²) in [7, 11) is 0. The standard InChI is InChI=1S/C11H17FO/c1-3-5-7-10(12)9-11(13)8-6-4-2/h4,9H,2-3,5-8H2,1H3/b10-9-. The van der Waals surface area contributed by atoms with Crippen molar-refractivity contribution in [2.45, 2.75) is 39.0 Å². The zero-order valence-electron chi connectivity index (χ0n) is 8.18. The first kappa shape index (κ1) is 12.1. The number of unbranched alkanes of at least 4 members (excludes halogenated alkanes) is 1. The SMILES string of the molecule is C=CCCC(=O)/C=C(\F)CCCC. The van der Waals surface area contributed by atoms with Crippen LogP contribution < -0.4 is 0 Å². The number of hydrogen-bond acceptors (Lipinski definition) is 1. The van der Waals surface area contributed by atoms with Crippen LogP contribution in [-0.2, 0) is 4.79 Å². The summed E-state index contributed by atoms with van der Waals surface area (Å²) >= 11 is 0. The third kappa shape index (κ3) is 7.44. The minimum atomic E-state index is -0.295. The largest absolute Gasteiger partial charge is 0.295 e. The summed E-state index contributed by atoms with van der Waals surface area (Å²) in [5, 5.41) is 0. The molecule has 74 valence electrons. The first-order chi connectivity index (χ1) is 6.20. The molecule has 0 N–H and O–H groups in total. The van der Waals surface area contributed by atoms with E-state index in [-0.39, 0.29) is 11.6 Å². The fourth-order valence-electron chi connectivity index (χ4n) is 0.909. The number of rotatable bonds is 7. The quantitative estimate of drug-likeness (QED) is 0.436. The molecule has 0 amide bonds. The van der Waals surface area contributed by atoms with Gasteiger partial charge in [-0.25, -0.2) is 4.39 Å². The molecule has 0 radical (unpaired) electrons. The van der Waals surface area contributed by atoms with Crippen molar-refractivity contribution in [2.24, 2.45) is 0 Å². The summed E-state index contributed by atoms with van der Waals surface area (Å²) in [6.45, 7) is 5.49. The zero-order chi connectivity index (χ0) is 10.1. The van der Waals surface area contributed by atoms with Gasteiger partial charge in [-0.2, -0.15) is 0 Å². The van der Waals surface area contributed by atoms with E-state index >= 15 is 0 Å². The van der Waals surface area contributed by atoms with Crippen molar-refractivity contribution < 1.29 is 9.18 Å². The maximum absolute atomic E-state index is 12.9. The van der Waals surface area contributed by atoms with Crippen molar-refractivity contribution in [2.75, 3.05) is 0 Å². The van der Waals surface area contributed by atoms with E-state index in [1.54, 1.807) is 6.08 Å². The summed E-state index contributed by atoms with van der Waals surface area (Å²) < 4.78 is 12.9. The van der Waals surface area contributed by atoms with Crippen molar-refractivity contribution in [1.82, 2.24) is 0 Å². The Hall–Kier alpha value is -0.920. The van der Waals surface area contributed by atoms with Crippen LogP contribution in [0, 0.1) is 0 Å². The van der Waals surface area contributed by atoms with Gasteiger partial charge in [0.2, 0.25) is 0 Å². The highest BCUT2D eigenvalue weighted by Crippen LogP contribution is 2.09. The molecule has 0 spiro atoms. The fourth-order valence-corrected chi connectivity index (χ4v) is 0.909. The van der Waals surface area contributed by atoms with Crippen LogP contribution in [0.5, 0.6) is 0 Å². The third-order valence-electron chi connectivity index (χ3n) is 1.68. The molecule has 0 rings (SSSR count). The number of ketones is 1. The lowest BCUT2D eigenvalue weighted by Gasteiger charge is -1.94. The Morgan fingerprint density at radius 2 is 2.15 bits per heavy atom. The van der Waals surface area contributed by atoms with E-state index in [2.05, 4.69) is 6.58 Å². The minimum absolute atomic E-state index is 0.145. The molecule has 0 atom stereocenters. The van der Waals surface area contributed by atoms with Gasteiger partial charge in [-0.05, 0) is 19.3 Å². The van der Waals surface area contributed by atoms with Crippen LogP contribution in [0.2, 0.25) is 0 Å². The van der Waals surface area contributed by atoms with E-state index < -0.39 is 0 Å². The van der Waals surface area contributed by atoms with Gasteiger partial charge in [0.1, 0.15) is 5.83 Å². The van der Waals surface area contributed by atoms with E-state index in [9.17, 15) is 9.18 Å². The smallest absolute Gasteiger partial charge is 0.158 e. The molecule has 0 aromatic rings. The Morgan fingerprint density at radius 1 is 1.46 bits per heavy atom. The summed E-state index contributed by atoms with van der Waals surface area (Å²) in [5.74, 6) is -0.440. The van der Waals surface area contributed by atoms with E-state index in [4.69, 9.17) is 0 Å². The highest BCUT2D eigenvalue weighted by atomic mass is 19.1. The lowest BCUT2D eigenvalue weighted by atomic mass is 10.1. The number of carbonyl (C=O) groups is 1. The van der Waals surface area contributed by atoms with Crippen LogP contribution >= 0.6 is 0 Å². The Kier molecular flexibility index (Phi) is 7.17. The number of hydrogen-bond donors (Lipinski definition) is 0. The van der Waals surface area contributed by atoms with Crippen molar-refractivity contribution >= 4 is 5.78 Å². The molecule has 0 aliphatic rings. The molecule has 0 saturated heterocycles. The van der Waals surface area contributed by atoms with Gasteiger partial charge in [0.25, 0.3) is 0 Å². The second kappa shape index (κ2) is 7.71. The fraction of sp³-hybridized carbons (Fsp3) is 0.545. The van der Waals surface area contributed by atoms with E-state index in [0.717, 1.165) is 18.9 Å². The molecule has 0 aliphatic carbocycles. The highest BCUT2D eigenvalue weighted by Gasteiger charge is 1.99. The Balaban J connectivity index is 3.76. The first-order valence-corrected chi connectivity index (χ1v) is 4.70.